The molecule has 6 aromatic heterocycles. The average molecular weight is 1930 g/mol. The minimum absolute atomic E-state index is 0.00979. The fourth-order valence-electron chi connectivity index (χ4n) is 17.9. The predicted octanol–water partition coefficient (Wildman–Crippen LogP) is 21.8. The summed E-state index contributed by atoms with van der Waals surface area (Å²) >= 11 is 0. The smallest absolute Gasteiger partial charge is 0.416 e. The van der Waals surface area contributed by atoms with Crippen molar-refractivity contribution >= 4 is 62.9 Å². The number of nitrogens with one attached hydrogen (secondary N) is 1. The number of halogens is 12. The number of methoxy groups -OCH3 is 5. The highest BCUT2D eigenvalue weighted by Gasteiger charge is 2.39. The van der Waals surface area contributed by atoms with Gasteiger partial charge in [0.05, 0.1) is 102 Å². The van der Waals surface area contributed by atoms with Crippen LogP contribution in [0.5, 0.6) is 28.7 Å². The molecular formula is C103H109F12N15O9. The van der Waals surface area contributed by atoms with Gasteiger partial charge in [-0.2, -0.15) is 39.5 Å². The molecular weight excluding hydrogens is 1820 g/mol. The first-order valence-electron chi connectivity index (χ1n) is 45.4. The Kier molecular flexibility index (Phi) is 31.8. The first kappa shape index (κ1) is 101. The number of carbonyl (C=O) groups excluding carboxylic acids is 2. The number of aryl methyl sites for hydroxylation is 2. The van der Waals surface area contributed by atoms with E-state index in [1.165, 1.54) is 56.2 Å². The highest BCUT2D eigenvalue weighted by Crippen LogP contribution is 2.46. The number of aromatic nitrogens is 9. The van der Waals surface area contributed by atoms with Gasteiger partial charge in [0.25, 0.3) is 5.92 Å². The number of esters is 1. The predicted molar refractivity (Wildman–Crippen MR) is 504 cm³/mol. The van der Waals surface area contributed by atoms with E-state index in [4.69, 9.17) is 29.4 Å². The lowest BCUT2D eigenvalue weighted by molar-refractivity contribution is -0.159. The van der Waals surface area contributed by atoms with Gasteiger partial charge in [0, 0.05) is 88.3 Å². The molecule has 7 aromatic carbocycles. The maximum absolute atomic E-state index is 15.5. The summed E-state index contributed by atoms with van der Waals surface area (Å²) < 4.78 is 203. The first-order chi connectivity index (χ1) is 66.4. The lowest BCUT2D eigenvalue weighted by Crippen LogP contribution is -2.41. The molecule has 0 aliphatic carbocycles. The van der Waals surface area contributed by atoms with Crippen LogP contribution < -0.4 is 54.3 Å². The lowest BCUT2D eigenvalue weighted by Gasteiger charge is -2.37. The van der Waals surface area contributed by atoms with Crippen molar-refractivity contribution < 1.29 is 95.4 Å². The Morgan fingerprint density at radius 3 is 1.43 bits per heavy atom. The monoisotopic (exact) mass is 1930 g/mol. The Balaban J connectivity index is 0.000000148. The number of hydrogen-bond donors (Lipinski definition) is 2. The Morgan fingerprint density at radius 2 is 0.921 bits per heavy atom. The van der Waals surface area contributed by atoms with E-state index >= 15 is 8.78 Å². The fraction of sp³-hybridized carbons (Fsp3) is 0.369. The molecule has 139 heavy (non-hydrogen) atoms. The molecule has 4 fully saturated rings. The number of primary amides is 1. The summed E-state index contributed by atoms with van der Waals surface area (Å²) in [5.74, 6) is -1.34. The maximum Gasteiger partial charge on any atom is 0.416 e. The molecule has 0 spiro atoms. The third-order valence-electron chi connectivity index (χ3n) is 24.7. The van der Waals surface area contributed by atoms with Crippen molar-refractivity contribution in [1.82, 2.24) is 44.0 Å². The summed E-state index contributed by atoms with van der Waals surface area (Å²) in [5, 5.41) is 4.75. The number of amides is 1. The van der Waals surface area contributed by atoms with Crippen LogP contribution in [-0.2, 0) is 69.7 Å². The molecule has 0 radical (unpaired) electrons. The number of nitrogens with zero attached hydrogens (tertiary/aromatic N) is 13. The van der Waals surface area contributed by atoms with E-state index in [9.17, 15) is 53.5 Å². The fourth-order valence-corrected chi connectivity index (χ4v) is 17.9. The molecule has 4 aliphatic heterocycles. The van der Waals surface area contributed by atoms with Gasteiger partial charge in [-0.1, -0.05) is 118 Å². The highest BCUT2D eigenvalue weighted by atomic mass is 19.4. The number of ether oxygens (including phenoxy) is 7. The molecule has 10 heterocycles. The molecule has 0 saturated carbocycles. The van der Waals surface area contributed by atoms with E-state index in [0.717, 1.165) is 143 Å². The third-order valence-corrected chi connectivity index (χ3v) is 24.7. The minimum Gasteiger partial charge on any atom is -0.493 e. The molecule has 5 atom stereocenters. The Morgan fingerprint density at radius 1 is 0.468 bits per heavy atom. The second kappa shape index (κ2) is 43.8. The summed E-state index contributed by atoms with van der Waals surface area (Å²) in [6.45, 7) is 11.7. The second-order valence-electron chi connectivity index (χ2n) is 35.6. The second-order valence-corrected chi connectivity index (χ2v) is 35.6. The van der Waals surface area contributed by atoms with Gasteiger partial charge in [-0.05, 0) is 187 Å². The van der Waals surface area contributed by atoms with Gasteiger partial charge >= 0.3 is 24.4 Å². The van der Waals surface area contributed by atoms with Gasteiger partial charge in [-0.25, -0.2) is 48.1 Å². The third kappa shape index (κ3) is 25.0. The van der Waals surface area contributed by atoms with Gasteiger partial charge in [0.2, 0.25) is 11.7 Å². The standard InChI is InChI=1S/C27H26F3N3O2.C27H28F3N3O2.C26H25F3N4O2.C23H30F3N5O3/c1-34-24-10-5-18(16-25(24)35-2)17-32-15-12-21-23(11-13-31-26(21)32)33-14-3-4-22(33)19-6-8-20(9-7-19)27(28,29)30;1-27(29,30)21-12-10-20(11-13-21)23-4-3-15-33(23)26-25(28)22(31-17-32-26)14-9-18-5-7-19(8-6-18)16-24(34)35-2;1-34-22-10-5-17(14-23(22)35-2)15-32-13-11-20-24(32)30-16-31-25(20)33-12-3-4-21(33)18-6-8-19(9-7-18)26(27,28)29;1-22(2,3)11-16(19(27)32)30-20-18(24)21(29-13-28-20)31-9-10-33-12-17(31)14-5-7-15(8-6-14)34-23(4,25)26/h5-13,15-16,22H,3-4,14,17H2,1-2H3;5-8,10-13,17,23H,3-4,9,14-16H2,1-2H3;5-11,13-14,16,21H,3-4,12,15H2,1-2H3;5-8,13,16-17H,9-12H2,1-4H3,(H2,27,32)(H,28,29,30). The number of alkyl halides is 10. The SMILES string of the molecule is CC(C)(C)CC(Nc1ncnc(N2CCOCC2c2ccc(OC(C)(F)F)cc2)c1F)C(N)=O.COC(=O)Cc1ccc(CCc2ncnc(N3CCCC3c3ccc(C(C)(F)F)cc3)c2F)cc1.COc1ccc(Cn2ccc3c(N4CCCC4c4ccc(C(F)(F)F)cc4)ccnc32)cc1OC.COc1ccc(Cn2ccc3c(N4CCCC4c4ccc(C(F)(F)F)cc4)ncnc32)cc1OC. The number of pyridine rings is 1. The van der Waals surface area contributed by atoms with Crippen molar-refractivity contribution in [3.8, 4) is 28.7 Å². The van der Waals surface area contributed by atoms with E-state index in [1.54, 1.807) is 94.4 Å². The summed E-state index contributed by atoms with van der Waals surface area (Å²) in [6, 6.07) is 47.2. The average Bonchev–Trinajstić information content (AvgIpc) is 1.64. The molecule has 17 rings (SSSR count). The van der Waals surface area contributed by atoms with Crippen molar-refractivity contribution in [2.24, 2.45) is 11.1 Å². The summed E-state index contributed by atoms with van der Waals surface area (Å²) in [6.07, 6.45) is 4.82. The molecule has 3 N–H and O–H groups in total. The maximum atomic E-state index is 15.5. The van der Waals surface area contributed by atoms with Crippen molar-refractivity contribution in [3.05, 3.63) is 292 Å². The lowest BCUT2D eigenvalue weighted by atomic mass is 9.88. The number of rotatable bonds is 28. The van der Waals surface area contributed by atoms with Crippen LogP contribution in [-0.4, -0.2) is 143 Å². The molecule has 24 nitrogen and oxygen atoms in total. The van der Waals surface area contributed by atoms with Crippen molar-refractivity contribution in [2.45, 2.75) is 167 Å². The van der Waals surface area contributed by atoms with Crippen molar-refractivity contribution in [2.75, 3.05) is 99.9 Å². The van der Waals surface area contributed by atoms with E-state index in [2.05, 4.69) is 70.1 Å². The van der Waals surface area contributed by atoms with Crippen LogP contribution in [0.15, 0.2) is 213 Å². The van der Waals surface area contributed by atoms with Crippen LogP contribution in [0.25, 0.3) is 22.1 Å². The number of carbonyl (C=O) groups is 2. The van der Waals surface area contributed by atoms with E-state index in [0.29, 0.717) is 93.2 Å². The molecule has 1 amide bonds. The van der Waals surface area contributed by atoms with Gasteiger partial charge in [-0.3, -0.25) is 9.59 Å². The number of fused-ring (bicyclic) bond motifs is 2. The van der Waals surface area contributed by atoms with Gasteiger partial charge in [0.15, 0.2) is 46.3 Å². The van der Waals surface area contributed by atoms with Crippen molar-refractivity contribution in [3.63, 3.8) is 0 Å². The first-order valence-corrected chi connectivity index (χ1v) is 45.4. The zero-order valence-corrected chi connectivity index (χ0v) is 78.4. The van der Waals surface area contributed by atoms with Crippen LogP contribution >= 0.6 is 0 Å². The number of anilines is 5. The Hall–Kier alpha value is -13.9. The summed E-state index contributed by atoms with van der Waals surface area (Å²) in [5.41, 5.74) is 14.3. The van der Waals surface area contributed by atoms with Crippen LogP contribution in [0, 0.1) is 17.0 Å². The van der Waals surface area contributed by atoms with Crippen molar-refractivity contribution in [1.29, 1.82) is 0 Å². The quantitative estimate of drug-likeness (QED) is 0.0341. The normalized spacial score (nSPS) is 16.5. The summed E-state index contributed by atoms with van der Waals surface area (Å²) in [7, 11) is 7.79. The molecule has 5 unspecified atom stereocenters. The van der Waals surface area contributed by atoms with Crippen LogP contribution in [0.4, 0.5) is 81.6 Å². The molecule has 4 aliphatic rings. The summed E-state index contributed by atoms with van der Waals surface area (Å²) in [4.78, 5) is 61.7. The molecule has 0 bridgehead atoms. The molecule has 734 valence electrons. The van der Waals surface area contributed by atoms with Crippen LogP contribution in [0.1, 0.15) is 171 Å². The number of morpholine rings is 1. The van der Waals surface area contributed by atoms with Gasteiger partial charge in [0.1, 0.15) is 47.9 Å². The minimum atomic E-state index is -4.34. The van der Waals surface area contributed by atoms with E-state index in [-0.39, 0.29) is 71.3 Å². The van der Waals surface area contributed by atoms with E-state index < -0.39 is 65.1 Å². The number of benzene rings is 7. The number of hydrogen-bond acceptors (Lipinski definition) is 21. The zero-order valence-electron chi connectivity index (χ0n) is 78.4. The number of nitrogens with two attached hydrogens (primary N) is 1. The van der Waals surface area contributed by atoms with Crippen LogP contribution in [0.2, 0.25) is 0 Å². The molecule has 4 saturated heterocycles. The molecule has 13 aromatic rings. The van der Waals surface area contributed by atoms with E-state index in [1.807, 2.05) is 115 Å². The topological polar surface area (TPSA) is 250 Å². The van der Waals surface area contributed by atoms with Gasteiger partial charge < -0.3 is 72.9 Å². The van der Waals surface area contributed by atoms with Crippen LogP contribution in [0.3, 0.4) is 0 Å². The zero-order chi connectivity index (χ0) is 99.3. The largest absolute Gasteiger partial charge is 0.493 e. The Bertz CT molecular complexity index is 6130. The Labute approximate surface area is 796 Å². The molecule has 36 heteroatoms. The highest BCUT2D eigenvalue weighted by molar-refractivity contribution is 5.91. The van der Waals surface area contributed by atoms with Gasteiger partial charge in [-0.15, -0.1) is 0 Å².